The second-order valence-corrected chi connectivity index (χ2v) is 2.98. The maximum atomic E-state index is 10.7. The van der Waals surface area contributed by atoms with E-state index in [-0.39, 0.29) is 10.6 Å². The summed E-state index contributed by atoms with van der Waals surface area (Å²) in [6.45, 7) is 4.14. The standard InChI is InChI=1S/C7H13BrO/c1-3-5-6(4-2)7(8)9/h6H,3-5H2,1-2H3. The van der Waals surface area contributed by atoms with Gasteiger partial charge in [0.1, 0.15) is 0 Å². The summed E-state index contributed by atoms with van der Waals surface area (Å²) in [6.07, 6.45) is 3.06. The highest BCUT2D eigenvalue weighted by molar-refractivity contribution is 9.18. The van der Waals surface area contributed by atoms with Crippen LogP contribution in [0.25, 0.3) is 0 Å². The Hall–Kier alpha value is 0.150. The van der Waals surface area contributed by atoms with Crippen LogP contribution < -0.4 is 0 Å². The zero-order chi connectivity index (χ0) is 7.28. The number of hydrogen-bond donors (Lipinski definition) is 0. The Morgan fingerprint density at radius 2 is 2.11 bits per heavy atom. The van der Waals surface area contributed by atoms with Gasteiger partial charge in [0.25, 0.3) is 0 Å². The monoisotopic (exact) mass is 192 g/mol. The summed E-state index contributed by atoms with van der Waals surface area (Å²) in [6, 6.07) is 0. The van der Waals surface area contributed by atoms with Gasteiger partial charge in [-0.3, -0.25) is 4.79 Å². The Labute approximate surface area is 65.0 Å². The minimum atomic E-state index is 0.159. The van der Waals surface area contributed by atoms with E-state index in [4.69, 9.17) is 0 Å². The molecule has 0 fully saturated rings. The summed E-state index contributed by atoms with van der Waals surface area (Å²) in [4.78, 5) is 10.7. The van der Waals surface area contributed by atoms with Gasteiger partial charge in [-0.15, -0.1) is 0 Å². The van der Waals surface area contributed by atoms with Crippen molar-refractivity contribution in [2.24, 2.45) is 5.92 Å². The molecule has 0 saturated heterocycles. The Morgan fingerprint density at radius 1 is 1.56 bits per heavy atom. The third kappa shape index (κ3) is 3.68. The second-order valence-electron chi connectivity index (χ2n) is 2.20. The first-order valence-electron chi connectivity index (χ1n) is 3.41. The van der Waals surface area contributed by atoms with E-state index >= 15 is 0 Å². The first-order valence-corrected chi connectivity index (χ1v) is 4.21. The maximum absolute atomic E-state index is 10.7. The van der Waals surface area contributed by atoms with Gasteiger partial charge in [0.2, 0.25) is 4.69 Å². The van der Waals surface area contributed by atoms with E-state index in [9.17, 15) is 4.79 Å². The van der Waals surface area contributed by atoms with E-state index in [1.165, 1.54) is 0 Å². The normalized spacial score (nSPS) is 13.2. The van der Waals surface area contributed by atoms with E-state index in [2.05, 4.69) is 22.9 Å². The molecule has 0 radical (unpaired) electrons. The lowest BCUT2D eigenvalue weighted by atomic mass is 10.0. The van der Waals surface area contributed by atoms with Crippen molar-refractivity contribution in [2.45, 2.75) is 33.1 Å². The van der Waals surface area contributed by atoms with Crippen molar-refractivity contribution in [3.63, 3.8) is 0 Å². The molecule has 0 aliphatic carbocycles. The molecule has 1 unspecified atom stereocenters. The molecule has 0 amide bonds. The smallest absolute Gasteiger partial charge is 0.200 e. The van der Waals surface area contributed by atoms with Crippen molar-refractivity contribution in [3.8, 4) is 0 Å². The third-order valence-corrected chi connectivity index (χ3v) is 2.10. The van der Waals surface area contributed by atoms with Gasteiger partial charge in [0.05, 0.1) is 0 Å². The zero-order valence-corrected chi connectivity index (χ0v) is 7.57. The minimum Gasteiger partial charge on any atom is -0.286 e. The van der Waals surface area contributed by atoms with Crippen LogP contribution in [0.2, 0.25) is 0 Å². The maximum Gasteiger partial charge on any atom is 0.200 e. The molecule has 0 spiro atoms. The lowest BCUT2D eigenvalue weighted by Gasteiger charge is -2.05. The minimum absolute atomic E-state index is 0.159. The highest BCUT2D eigenvalue weighted by Crippen LogP contribution is 2.14. The Kier molecular flexibility index (Phi) is 5.06. The number of carbonyl (C=O) groups is 1. The fourth-order valence-corrected chi connectivity index (χ4v) is 1.38. The summed E-state index contributed by atoms with van der Waals surface area (Å²) < 4.78 is 0.159. The number of rotatable bonds is 4. The van der Waals surface area contributed by atoms with Gasteiger partial charge in [-0.2, -0.15) is 0 Å². The van der Waals surface area contributed by atoms with Gasteiger partial charge >= 0.3 is 0 Å². The fraction of sp³-hybridized carbons (Fsp3) is 0.857. The molecular formula is C7H13BrO. The van der Waals surface area contributed by atoms with Crippen LogP contribution in [0, 0.1) is 5.92 Å². The summed E-state index contributed by atoms with van der Waals surface area (Å²) in [5.41, 5.74) is 0. The average Bonchev–Trinajstić information content (AvgIpc) is 1.82. The molecule has 0 bridgehead atoms. The molecule has 0 aromatic carbocycles. The largest absolute Gasteiger partial charge is 0.286 e. The van der Waals surface area contributed by atoms with Crippen LogP contribution in [0.3, 0.4) is 0 Å². The number of hydrogen-bond acceptors (Lipinski definition) is 1. The van der Waals surface area contributed by atoms with Crippen LogP contribution in [0.15, 0.2) is 0 Å². The first-order chi connectivity index (χ1) is 4.22. The average molecular weight is 193 g/mol. The molecule has 2 heteroatoms. The lowest BCUT2D eigenvalue weighted by Crippen LogP contribution is -2.05. The Balaban J connectivity index is 3.54. The van der Waals surface area contributed by atoms with E-state index in [0.717, 1.165) is 19.3 Å². The van der Waals surface area contributed by atoms with Crippen molar-refractivity contribution in [2.75, 3.05) is 0 Å². The zero-order valence-electron chi connectivity index (χ0n) is 5.98. The molecular weight excluding hydrogens is 180 g/mol. The predicted octanol–water partition coefficient (Wildman–Crippen LogP) is 2.73. The fourth-order valence-electron chi connectivity index (χ4n) is 0.827. The molecule has 1 atom stereocenters. The van der Waals surface area contributed by atoms with Crippen LogP contribution in [-0.4, -0.2) is 4.69 Å². The van der Waals surface area contributed by atoms with Gasteiger partial charge in [-0.1, -0.05) is 20.3 Å². The number of halogens is 1. The molecule has 9 heavy (non-hydrogen) atoms. The van der Waals surface area contributed by atoms with E-state index in [1.807, 2.05) is 6.92 Å². The van der Waals surface area contributed by atoms with Crippen molar-refractivity contribution < 1.29 is 4.79 Å². The lowest BCUT2D eigenvalue weighted by molar-refractivity contribution is -0.114. The molecule has 0 N–H and O–H groups in total. The summed E-state index contributed by atoms with van der Waals surface area (Å²) in [7, 11) is 0. The van der Waals surface area contributed by atoms with Crippen molar-refractivity contribution in [1.29, 1.82) is 0 Å². The summed E-state index contributed by atoms with van der Waals surface area (Å²) in [5, 5.41) is 0. The Bertz CT molecular complexity index is 90.9. The van der Waals surface area contributed by atoms with Crippen LogP contribution in [0.5, 0.6) is 0 Å². The molecule has 54 valence electrons. The number of carbonyl (C=O) groups excluding carboxylic acids is 1. The highest BCUT2D eigenvalue weighted by atomic mass is 79.9. The first kappa shape index (κ1) is 9.15. The Morgan fingerprint density at radius 3 is 2.22 bits per heavy atom. The second kappa shape index (κ2) is 4.98. The highest BCUT2D eigenvalue weighted by Gasteiger charge is 2.10. The van der Waals surface area contributed by atoms with E-state index in [0.29, 0.717) is 0 Å². The SMILES string of the molecule is CCCC(CC)C(=O)Br. The van der Waals surface area contributed by atoms with Gasteiger partial charge in [-0.25, -0.2) is 0 Å². The quantitative estimate of drug-likeness (QED) is 0.627. The molecule has 0 aromatic rings. The predicted molar refractivity (Wildman–Crippen MR) is 42.6 cm³/mol. The molecule has 0 rings (SSSR count). The van der Waals surface area contributed by atoms with Gasteiger partial charge < -0.3 is 0 Å². The molecule has 1 nitrogen and oxygen atoms in total. The van der Waals surface area contributed by atoms with Gasteiger partial charge in [0, 0.05) is 5.92 Å². The molecule has 0 saturated carbocycles. The molecule has 0 aliphatic heterocycles. The summed E-state index contributed by atoms with van der Waals surface area (Å²) in [5.74, 6) is 0.245. The van der Waals surface area contributed by atoms with Crippen molar-refractivity contribution in [1.82, 2.24) is 0 Å². The van der Waals surface area contributed by atoms with E-state index in [1.54, 1.807) is 0 Å². The molecule has 0 heterocycles. The topological polar surface area (TPSA) is 17.1 Å². The molecule has 0 aromatic heterocycles. The van der Waals surface area contributed by atoms with Crippen LogP contribution in [0.1, 0.15) is 33.1 Å². The third-order valence-electron chi connectivity index (χ3n) is 1.45. The van der Waals surface area contributed by atoms with Crippen LogP contribution >= 0.6 is 15.9 Å². The van der Waals surface area contributed by atoms with Crippen LogP contribution in [-0.2, 0) is 4.79 Å². The molecule has 0 aliphatic rings. The van der Waals surface area contributed by atoms with Crippen molar-refractivity contribution in [3.05, 3.63) is 0 Å². The van der Waals surface area contributed by atoms with Gasteiger partial charge in [-0.05, 0) is 28.8 Å². The summed E-state index contributed by atoms with van der Waals surface area (Å²) >= 11 is 2.96. The van der Waals surface area contributed by atoms with E-state index < -0.39 is 0 Å². The van der Waals surface area contributed by atoms with Crippen molar-refractivity contribution >= 4 is 20.6 Å². The van der Waals surface area contributed by atoms with Gasteiger partial charge in [0.15, 0.2) is 0 Å². The van der Waals surface area contributed by atoms with Crippen LogP contribution in [0.4, 0.5) is 0 Å².